The van der Waals surface area contributed by atoms with Crippen LogP contribution >= 0.6 is 39.1 Å². The van der Waals surface area contributed by atoms with Crippen LogP contribution < -0.4 is 10.6 Å². The number of nitrogens with zero attached hydrogens (tertiary/aromatic N) is 1. The van der Waals surface area contributed by atoms with Crippen molar-refractivity contribution in [2.24, 2.45) is 0 Å². The molecule has 6 heteroatoms. The Morgan fingerprint density at radius 3 is 2.62 bits per heavy atom. The smallest absolute Gasteiger partial charge is 0.151 e. The van der Waals surface area contributed by atoms with E-state index in [1.54, 1.807) is 6.07 Å². The zero-order valence-corrected chi connectivity index (χ0v) is 14.9. The molecule has 0 radical (unpaired) electrons. The number of rotatable bonds is 5. The van der Waals surface area contributed by atoms with Crippen LogP contribution in [0.4, 0.5) is 17.3 Å². The van der Waals surface area contributed by atoms with Gasteiger partial charge in [-0.1, -0.05) is 42.3 Å². The van der Waals surface area contributed by atoms with Crippen molar-refractivity contribution in [3.63, 3.8) is 0 Å². The summed E-state index contributed by atoms with van der Waals surface area (Å²) in [6.45, 7) is 4.92. The molecule has 0 aliphatic carbocycles. The molecular weight excluding hydrogens is 373 g/mol. The number of aromatic nitrogens is 1. The third kappa shape index (κ3) is 4.02. The molecule has 2 N–H and O–H groups in total. The first kappa shape index (κ1) is 16.4. The van der Waals surface area contributed by atoms with E-state index in [1.807, 2.05) is 25.1 Å². The maximum atomic E-state index is 6.23. The van der Waals surface area contributed by atoms with Crippen LogP contribution in [0.3, 0.4) is 0 Å². The first-order valence-corrected chi connectivity index (χ1v) is 8.20. The van der Waals surface area contributed by atoms with Gasteiger partial charge in [-0.05, 0) is 47.0 Å². The highest BCUT2D eigenvalue weighted by Crippen LogP contribution is 2.34. The molecule has 21 heavy (non-hydrogen) atoms. The molecule has 0 fully saturated rings. The summed E-state index contributed by atoms with van der Waals surface area (Å²) < 4.78 is 0.987. The highest BCUT2D eigenvalue weighted by molar-refractivity contribution is 9.10. The van der Waals surface area contributed by atoms with Gasteiger partial charge in [-0.15, -0.1) is 0 Å². The largest absolute Gasteiger partial charge is 0.369 e. The van der Waals surface area contributed by atoms with Gasteiger partial charge in [-0.2, -0.15) is 0 Å². The van der Waals surface area contributed by atoms with Gasteiger partial charge in [0.15, 0.2) is 5.82 Å². The maximum Gasteiger partial charge on any atom is 0.151 e. The first-order valence-electron chi connectivity index (χ1n) is 6.65. The normalized spacial score (nSPS) is 10.5. The Balaban J connectivity index is 2.33. The fourth-order valence-electron chi connectivity index (χ4n) is 1.79. The molecule has 1 aromatic carbocycles. The average molecular weight is 389 g/mol. The lowest BCUT2D eigenvalue weighted by molar-refractivity contribution is 0.970. The fourth-order valence-corrected chi connectivity index (χ4v) is 2.63. The van der Waals surface area contributed by atoms with Crippen LogP contribution in [-0.2, 0) is 0 Å². The molecule has 2 rings (SSSR count). The number of benzene rings is 1. The van der Waals surface area contributed by atoms with Gasteiger partial charge >= 0.3 is 0 Å². The number of anilines is 3. The third-order valence-corrected chi connectivity index (χ3v) is 4.55. The number of hydrogen-bond acceptors (Lipinski definition) is 3. The van der Waals surface area contributed by atoms with Crippen LogP contribution in [-0.4, -0.2) is 11.5 Å². The lowest BCUT2D eigenvalue weighted by Gasteiger charge is -2.14. The topological polar surface area (TPSA) is 37.0 Å². The Labute approximate surface area is 143 Å². The third-order valence-electron chi connectivity index (χ3n) is 2.92. The molecule has 0 spiro atoms. The van der Waals surface area contributed by atoms with Crippen molar-refractivity contribution >= 4 is 56.5 Å². The molecule has 3 nitrogen and oxygen atoms in total. The van der Waals surface area contributed by atoms with Gasteiger partial charge in [-0.25, -0.2) is 4.98 Å². The summed E-state index contributed by atoms with van der Waals surface area (Å²) in [6.07, 6.45) is 0.993. The van der Waals surface area contributed by atoms with E-state index in [2.05, 4.69) is 38.5 Å². The molecule has 0 atom stereocenters. The summed E-state index contributed by atoms with van der Waals surface area (Å²) in [5.74, 6) is 1.21. The number of aryl methyl sites for hydroxylation is 1. The molecule has 0 bridgehead atoms. The predicted molar refractivity (Wildman–Crippen MR) is 95.2 cm³/mol. The Bertz CT molecular complexity index is 647. The van der Waals surface area contributed by atoms with Crippen molar-refractivity contribution in [2.75, 3.05) is 17.2 Å². The molecule has 0 aliphatic heterocycles. The second-order valence-corrected chi connectivity index (χ2v) is 6.24. The molecule has 1 aromatic heterocycles. The van der Waals surface area contributed by atoms with E-state index in [9.17, 15) is 0 Å². The number of halogens is 3. The van der Waals surface area contributed by atoms with Crippen LogP contribution in [0.25, 0.3) is 0 Å². The first-order chi connectivity index (χ1) is 10.0. The van der Waals surface area contributed by atoms with Crippen LogP contribution in [0.2, 0.25) is 10.0 Å². The van der Waals surface area contributed by atoms with Crippen LogP contribution in [0.15, 0.2) is 28.7 Å². The summed E-state index contributed by atoms with van der Waals surface area (Å²) >= 11 is 15.9. The molecule has 0 amide bonds. The minimum atomic E-state index is 0.482. The van der Waals surface area contributed by atoms with Gasteiger partial charge in [0.25, 0.3) is 0 Å². The monoisotopic (exact) mass is 387 g/mol. The summed E-state index contributed by atoms with van der Waals surface area (Å²) in [5.41, 5.74) is 2.04. The van der Waals surface area contributed by atoms with Crippen LogP contribution in [0.5, 0.6) is 0 Å². The van der Waals surface area contributed by atoms with Gasteiger partial charge in [0.05, 0.1) is 15.7 Å². The summed E-state index contributed by atoms with van der Waals surface area (Å²) in [4.78, 5) is 4.47. The van der Waals surface area contributed by atoms with E-state index in [-0.39, 0.29) is 0 Å². The molecular formula is C15H16BrCl2N3. The van der Waals surface area contributed by atoms with Crippen molar-refractivity contribution in [3.05, 3.63) is 44.3 Å². The van der Waals surface area contributed by atoms with Crippen molar-refractivity contribution in [3.8, 4) is 0 Å². The summed E-state index contributed by atoms with van der Waals surface area (Å²) in [7, 11) is 0. The van der Waals surface area contributed by atoms with E-state index in [0.717, 1.165) is 28.7 Å². The van der Waals surface area contributed by atoms with Gasteiger partial charge in [0.1, 0.15) is 5.82 Å². The number of pyridine rings is 1. The Kier molecular flexibility index (Phi) is 5.73. The summed E-state index contributed by atoms with van der Waals surface area (Å²) in [5, 5.41) is 7.42. The van der Waals surface area contributed by atoms with Gasteiger partial charge in [0, 0.05) is 11.0 Å². The molecule has 112 valence electrons. The van der Waals surface area contributed by atoms with E-state index in [0.29, 0.717) is 21.7 Å². The lowest BCUT2D eigenvalue weighted by Crippen LogP contribution is -2.05. The minimum Gasteiger partial charge on any atom is -0.369 e. The highest BCUT2D eigenvalue weighted by atomic mass is 79.9. The summed E-state index contributed by atoms with van der Waals surface area (Å²) in [6, 6.07) is 7.66. The highest BCUT2D eigenvalue weighted by Gasteiger charge is 2.11. The van der Waals surface area contributed by atoms with E-state index >= 15 is 0 Å². The molecule has 0 aliphatic rings. The maximum absolute atomic E-state index is 6.23. The van der Waals surface area contributed by atoms with Gasteiger partial charge in [-0.3, -0.25) is 0 Å². The second-order valence-electron chi connectivity index (χ2n) is 4.64. The number of hydrogen-bond donors (Lipinski definition) is 2. The van der Waals surface area contributed by atoms with Crippen molar-refractivity contribution in [2.45, 2.75) is 20.3 Å². The van der Waals surface area contributed by atoms with Crippen LogP contribution in [0.1, 0.15) is 18.9 Å². The Hall–Kier alpha value is -0.970. The van der Waals surface area contributed by atoms with Crippen molar-refractivity contribution in [1.82, 2.24) is 4.98 Å². The van der Waals surface area contributed by atoms with Crippen LogP contribution in [0, 0.1) is 6.92 Å². The minimum absolute atomic E-state index is 0.482. The van der Waals surface area contributed by atoms with E-state index in [1.165, 1.54) is 0 Å². The standard InChI is InChI=1S/C15H16BrCl2N3/c1-3-7-19-14-10(17)8-11(18)15(21-14)20-12-6-4-5-9(2)13(12)16/h4-6,8H,3,7H2,1-2H3,(H2,19,20,21). The van der Waals surface area contributed by atoms with Crippen molar-refractivity contribution in [1.29, 1.82) is 0 Å². The Morgan fingerprint density at radius 2 is 1.90 bits per heavy atom. The SMILES string of the molecule is CCCNc1nc(Nc2cccc(C)c2Br)c(Cl)cc1Cl. The van der Waals surface area contributed by atoms with E-state index in [4.69, 9.17) is 23.2 Å². The fraction of sp³-hybridized carbons (Fsp3) is 0.267. The van der Waals surface area contributed by atoms with Crippen molar-refractivity contribution < 1.29 is 0 Å². The van der Waals surface area contributed by atoms with Gasteiger partial charge in [0.2, 0.25) is 0 Å². The average Bonchev–Trinajstić information content (AvgIpc) is 2.45. The predicted octanol–water partition coefficient (Wildman–Crippen LogP) is 6.02. The molecule has 1 heterocycles. The molecule has 0 saturated carbocycles. The van der Waals surface area contributed by atoms with Gasteiger partial charge < -0.3 is 10.6 Å². The second kappa shape index (κ2) is 7.34. The molecule has 0 saturated heterocycles. The zero-order valence-electron chi connectivity index (χ0n) is 11.8. The molecule has 2 aromatic rings. The molecule has 0 unspecified atom stereocenters. The number of nitrogens with one attached hydrogen (secondary N) is 2. The van der Waals surface area contributed by atoms with E-state index < -0.39 is 0 Å². The Morgan fingerprint density at radius 1 is 1.19 bits per heavy atom. The quantitative estimate of drug-likeness (QED) is 0.656. The zero-order chi connectivity index (χ0) is 15.4. The lowest BCUT2D eigenvalue weighted by atomic mass is 10.2.